The zero-order chi connectivity index (χ0) is 26.2. The van der Waals surface area contributed by atoms with Crippen LogP contribution in [0.25, 0.3) is 6.08 Å². The highest BCUT2D eigenvalue weighted by Crippen LogP contribution is 2.41. The van der Waals surface area contributed by atoms with Crippen molar-refractivity contribution >= 4 is 34.3 Å². The van der Waals surface area contributed by atoms with Gasteiger partial charge in [-0.3, -0.25) is 4.79 Å². The summed E-state index contributed by atoms with van der Waals surface area (Å²) in [5.41, 5.74) is 3.11. The number of fused-ring (bicyclic) bond motifs is 1. The molecule has 4 rings (SSSR count). The number of nitrogens with one attached hydrogen (secondary N) is 1. The number of carbonyl (C=O) groups excluding carboxylic acids is 2. The van der Waals surface area contributed by atoms with Crippen molar-refractivity contribution in [1.82, 2.24) is 0 Å². The van der Waals surface area contributed by atoms with Gasteiger partial charge >= 0.3 is 5.97 Å². The molecule has 0 spiro atoms. The maximum absolute atomic E-state index is 13.1. The highest BCUT2D eigenvalue weighted by Gasteiger charge is 2.30. The van der Waals surface area contributed by atoms with E-state index in [1.807, 2.05) is 36.4 Å². The van der Waals surface area contributed by atoms with Gasteiger partial charge in [-0.05, 0) is 67.0 Å². The summed E-state index contributed by atoms with van der Waals surface area (Å²) in [7, 11) is 0. The van der Waals surface area contributed by atoms with Crippen LogP contribution in [0.15, 0.2) is 60.2 Å². The van der Waals surface area contributed by atoms with E-state index in [1.165, 1.54) is 17.4 Å². The van der Waals surface area contributed by atoms with Crippen LogP contribution in [0.3, 0.4) is 0 Å². The molecule has 0 saturated heterocycles. The van der Waals surface area contributed by atoms with Crippen molar-refractivity contribution in [3.63, 3.8) is 0 Å². The van der Waals surface area contributed by atoms with Crippen LogP contribution in [0.4, 0.5) is 5.00 Å². The average Bonchev–Trinajstić information content (AvgIpc) is 3.28. The van der Waals surface area contributed by atoms with Crippen molar-refractivity contribution in [3.05, 3.63) is 87.3 Å². The van der Waals surface area contributed by atoms with Gasteiger partial charge in [-0.25, -0.2) is 4.79 Å². The van der Waals surface area contributed by atoms with Crippen molar-refractivity contribution < 1.29 is 19.1 Å². The van der Waals surface area contributed by atoms with Crippen LogP contribution in [0.1, 0.15) is 58.6 Å². The molecular formula is C30H30N2O4S. The van der Waals surface area contributed by atoms with Crippen LogP contribution in [0, 0.1) is 17.2 Å². The van der Waals surface area contributed by atoms with Gasteiger partial charge in [-0.15, -0.1) is 11.3 Å². The average molecular weight is 515 g/mol. The summed E-state index contributed by atoms with van der Waals surface area (Å²) in [6.45, 7) is 4.64. The van der Waals surface area contributed by atoms with Gasteiger partial charge in [0.05, 0.1) is 12.2 Å². The molecule has 0 bridgehead atoms. The van der Waals surface area contributed by atoms with Crippen LogP contribution in [-0.2, 0) is 29.0 Å². The molecule has 1 aliphatic rings. The zero-order valence-electron chi connectivity index (χ0n) is 21.1. The third-order valence-electron chi connectivity index (χ3n) is 6.46. The molecule has 1 aliphatic carbocycles. The minimum absolute atomic E-state index is 0.0504. The molecule has 3 aromatic rings. The minimum Gasteiger partial charge on any atom is -0.489 e. The van der Waals surface area contributed by atoms with E-state index in [0.717, 1.165) is 41.7 Å². The largest absolute Gasteiger partial charge is 0.489 e. The van der Waals surface area contributed by atoms with Crippen LogP contribution >= 0.6 is 11.3 Å². The van der Waals surface area contributed by atoms with E-state index in [1.54, 1.807) is 31.2 Å². The molecule has 0 fully saturated rings. The van der Waals surface area contributed by atoms with E-state index in [4.69, 9.17) is 9.47 Å². The first-order chi connectivity index (χ1) is 18.0. The van der Waals surface area contributed by atoms with Gasteiger partial charge in [0.1, 0.15) is 29.0 Å². The standard InChI is InChI=1S/C30H30N2O4S/c1-3-20-12-15-25-26(17-20)37-29(27(25)30(34)35-4-2)32-28(33)23(18-31)16-21-10-13-24(14-11-21)36-19-22-8-6-5-7-9-22/h5-11,13-14,16,20H,3-4,12,15,17,19H2,1-2H3,(H,32,33)/b23-16+. The first kappa shape index (κ1) is 26.2. The van der Waals surface area contributed by atoms with Crippen molar-refractivity contribution in [2.75, 3.05) is 11.9 Å². The van der Waals surface area contributed by atoms with Crippen molar-refractivity contribution in [1.29, 1.82) is 5.26 Å². The molecule has 7 heteroatoms. The number of anilines is 1. The van der Waals surface area contributed by atoms with Crippen LogP contribution in [0.5, 0.6) is 5.75 Å². The summed E-state index contributed by atoms with van der Waals surface area (Å²) < 4.78 is 11.1. The van der Waals surface area contributed by atoms with E-state index in [9.17, 15) is 14.9 Å². The topological polar surface area (TPSA) is 88.4 Å². The van der Waals surface area contributed by atoms with Gasteiger partial charge in [0.15, 0.2) is 0 Å². The number of ether oxygens (including phenoxy) is 2. The summed E-state index contributed by atoms with van der Waals surface area (Å²) in [6, 6.07) is 19.1. The van der Waals surface area contributed by atoms with Gasteiger partial charge in [-0.1, -0.05) is 55.8 Å². The van der Waals surface area contributed by atoms with E-state index >= 15 is 0 Å². The van der Waals surface area contributed by atoms with Crippen molar-refractivity contribution in [2.24, 2.45) is 5.92 Å². The predicted molar refractivity (Wildman–Crippen MR) is 146 cm³/mol. The number of carbonyl (C=O) groups is 2. The third kappa shape index (κ3) is 6.46. The van der Waals surface area contributed by atoms with Crippen LogP contribution in [0.2, 0.25) is 0 Å². The lowest BCUT2D eigenvalue weighted by molar-refractivity contribution is -0.112. The molecule has 1 amide bonds. The van der Waals surface area contributed by atoms with E-state index in [0.29, 0.717) is 34.4 Å². The Balaban J connectivity index is 1.49. The summed E-state index contributed by atoms with van der Waals surface area (Å²) in [4.78, 5) is 27.0. The lowest BCUT2D eigenvalue weighted by Crippen LogP contribution is -2.17. The Bertz CT molecular complexity index is 1320. The number of nitrogens with zero attached hydrogens (tertiary/aromatic N) is 1. The molecule has 1 heterocycles. The smallest absolute Gasteiger partial charge is 0.341 e. The second-order valence-electron chi connectivity index (χ2n) is 8.91. The number of thiophene rings is 1. The number of hydrogen-bond donors (Lipinski definition) is 1. The molecule has 0 saturated carbocycles. The SMILES string of the molecule is CCOC(=O)c1c(NC(=O)/C(C#N)=C/c2ccc(OCc3ccccc3)cc2)sc2c1CCC(CC)C2. The molecule has 1 atom stereocenters. The van der Waals surface area contributed by atoms with Gasteiger partial charge < -0.3 is 14.8 Å². The van der Waals surface area contributed by atoms with E-state index < -0.39 is 11.9 Å². The van der Waals surface area contributed by atoms with Crippen molar-refractivity contribution in [3.8, 4) is 11.8 Å². The third-order valence-corrected chi connectivity index (χ3v) is 7.63. The number of esters is 1. The molecule has 1 unspecified atom stereocenters. The Morgan fingerprint density at radius 2 is 1.89 bits per heavy atom. The maximum atomic E-state index is 13.1. The fraction of sp³-hybridized carbons (Fsp3) is 0.300. The summed E-state index contributed by atoms with van der Waals surface area (Å²) in [5, 5.41) is 13.0. The minimum atomic E-state index is -0.553. The predicted octanol–water partition coefficient (Wildman–Crippen LogP) is 6.56. The van der Waals surface area contributed by atoms with Gasteiger partial charge in [0.25, 0.3) is 5.91 Å². The molecule has 190 valence electrons. The second-order valence-corrected chi connectivity index (χ2v) is 10.0. The van der Waals surface area contributed by atoms with E-state index in [2.05, 4.69) is 12.2 Å². The number of rotatable bonds is 9. The first-order valence-electron chi connectivity index (χ1n) is 12.5. The summed E-state index contributed by atoms with van der Waals surface area (Å²) in [6.07, 6.45) is 5.28. The fourth-order valence-electron chi connectivity index (χ4n) is 4.40. The van der Waals surface area contributed by atoms with Crippen LogP contribution < -0.4 is 10.1 Å². The number of amides is 1. The Kier molecular flexibility index (Phi) is 8.76. The Labute approximate surface area is 221 Å². The number of nitriles is 1. The molecule has 6 nitrogen and oxygen atoms in total. The normalized spacial score (nSPS) is 14.8. The van der Waals surface area contributed by atoms with E-state index in [-0.39, 0.29) is 12.2 Å². The summed E-state index contributed by atoms with van der Waals surface area (Å²) >= 11 is 1.42. The van der Waals surface area contributed by atoms with Crippen molar-refractivity contribution in [2.45, 2.75) is 46.1 Å². The zero-order valence-corrected chi connectivity index (χ0v) is 21.9. The molecule has 1 aromatic heterocycles. The second kappa shape index (κ2) is 12.4. The lowest BCUT2D eigenvalue weighted by Gasteiger charge is -2.20. The lowest BCUT2D eigenvalue weighted by atomic mass is 9.85. The number of benzene rings is 2. The summed E-state index contributed by atoms with van der Waals surface area (Å²) in [5.74, 6) is 0.276. The first-order valence-corrected chi connectivity index (χ1v) is 13.4. The fourth-order valence-corrected chi connectivity index (χ4v) is 5.74. The number of hydrogen-bond acceptors (Lipinski definition) is 6. The van der Waals surface area contributed by atoms with Crippen LogP contribution in [-0.4, -0.2) is 18.5 Å². The van der Waals surface area contributed by atoms with Gasteiger partial charge in [-0.2, -0.15) is 5.26 Å². The monoisotopic (exact) mass is 514 g/mol. The Morgan fingerprint density at radius 3 is 2.57 bits per heavy atom. The Morgan fingerprint density at radius 1 is 1.14 bits per heavy atom. The molecule has 0 aliphatic heterocycles. The molecule has 1 N–H and O–H groups in total. The molecule has 37 heavy (non-hydrogen) atoms. The van der Waals surface area contributed by atoms with Gasteiger partial charge in [0.2, 0.25) is 0 Å². The van der Waals surface area contributed by atoms with Gasteiger partial charge in [0, 0.05) is 4.88 Å². The molecule has 2 aromatic carbocycles. The molecule has 0 radical (unpaired) electrons. The maximum Gasteiger partial charge on any atom is 0.341 e. The highest BCUT2D eigenvalue weighted by atomic mass is 32.1. The Hall–Kier alpha value is -3.89. The quantitative estimate of drug-likeness (QED) is 0.198. The highest BCUT2D eigenvalue weighted by molar-refractivity contribution is 7.17. The molecular weight excluding hydrogens is 484 g/mol.